The second-order valence-corrected chi connectivity index (χ2v) is 8.63. The van der Waals surface area contributed by atoms with E-state index in [1.54, 1.807) is 0 Å². The van der Waals surface area contributed by atoms with Gasteiger partial charge in [-0.3, -0.25) is 9.69 Å². The Morgan fingerprint density at radius 1 is 1.07 bits per heavy atom. The van der Waals surface area contributed by atoms with Crippen molar-refractivity contribution in [1.29, 1.82) is 0 Å². The number of anilines is 1. The third kappa shape index (κ3) is 3.59. The molecule has 2 aromatic rings. The molecule has 0 amide bonds. The number of nitrogens with zero attached hydrogens (tertiary/aromatic N) is 5. The minimum Gasteiger partial charge on any atom is -0.340 e. The Labute approximate surface area is 172 Å². The van der Waals surface area contributed by atoms with Gasteiger partial charge in [-0.25, -0.2) is 9.97 Å². The SMILES string of the molecule is O=c1c(CN2CCCC2)ccc2n1C[C@H]1C[C@@H]2CN(c2nccc(C(F)(F)F)n2)C1. The van der Waals surface area contributed by atoms with Gasteiger partial charge in [-0.15, -0.1) is 0 Å². The van der Waals surface area contributed by atoms with Crippen LogP contribution in [0.1, 0.15) is 42.1 Å². The lowest BCUT2D eigenvalue weighted by Crippen LogP contribution is -2.48. The molecular weight excluding hydrogens is 395 g/mol. The van der Waals surface area contributed by atoms with Crippen LogP contribution in [0, 0.1) is 5.92 Å². The fourth-order valence-corrected chi connectivity index (χ4v) is 5.11. The lowest BCUT2D eigenvalue weighted by atomic mass is 9.83. The summed E-state index contributed by atoms with van der Waals surface area (Å²) in [6.45, 7) is 4.44. The summed E-state index contributed by atoms with van der Waals surface area (Å²) in [6.07, 6.45) is -0.0261. The van der Waals surface area contributed by atoms with Crippen molar-refractivity contribution >= 4 is 5.95 Å². The van der Waals surface area contributed by atoms with Crippen molar-refractivity contribution in [2.75, 3.05) is 31.1 Å². The van der Waals surface area contributed by atoms with Crippen LogP contribution in [0.3, 0.4) is 0 Å². The molecule has 9 heteroatoms. The van der Waals surface area contributed by atoms with Crippen molar-refractivity contribution in [1.82, 2.24) is 19.4 Å². The number of hydrogen-bond donors (Lipinski definition) is 0. The van der Waals surface area contributed by atoms with E-state index in [2.05, 4.69) is 14.9 Å². The van der Waals surface area contributed by atoms with Gasteiger partial charge in [-0.05, 0) is 50.4 Å². The maximum atomic E-state index is 13.1. The first-order valence-electron chi connectivity index (χ1n) is 10.5. The van der Waals surface area contributed by atoms with E-state index in [1.807, 2.05) is 21.6 Å². The number of pyridine rings is 1. The van der Waals surface area contributed by atoms with Crippen molar-refractivity contribution in [3.63, 3.8) is 0 Å². The summed E-state index contributed by atoms with van der Waals surface area (Å²) in [4.78, 5) is 25.1. The second-order valence-electron chi connectivity index (χ2n) is 8.63. The lowest BCUT2D eigenvalue weighted by Gasteiger charge is -2.43. The molecule has 0 aromatic carbocycles. The quantitative estimate of drug-likeness (QED) is 0.766. The molecule has 0 N–H and O–H groups in total. The first kappa shape index (κ1) is 19.5. The summed E-state index contributed by atoms with van der Waals surface area (Å²) < 4.78 is 41.0. The number of rotatable bonds is 3. The van der Waals surface area contributed by atoms with Crippen LogP contribution in [-0.2, 0) is 19.3 Å². The summed E-state index contributed by atoms with van der Waals surface area (Å²) in [6, 6.07) is 4.86. The van der Waals surface area contributed by atoms with Gasteiger partial charge in [-0.1, -0.05) is 6.07 Å². The Hall–Kier alpha value is -2.42. The van der Waals surface area contributed by atoms with Crippen LogP contribution in [0.4, 0.5) is 19.1 Å². The van der Waals surface area contributed by atoms with Crippen LogP contribution >= 0.6 is 0 Å². The Balaban J connectivity index is 1.40. The molecular formula is C21H24F3N5O. The lowest BCUT2D eigenvalue weighted by molar-refractivity contribution is -0.141. The Bertz CT molecular complexity index is 999. The molecule has 2 fully saturated rings. The molecule has 30 heavy (non-hydrogen) atoms. The molecule has 0 spiro atoms. The number of halogens is 3. The minimum atomic E-state index is -4.49. The van der Waals surface area contributed by atoms with E-state index in [-0.39, 0.29) is 23.3 Å². The molecule has 5 heterocycles. The highest BCUT2D eigenvalue weighted by Gasteiger charge is 2.37. The molecule has 160 valence electrons. The van der Waals surface area contributed by atoms with Crippen LogP contribution in [0.2, 0.25) is 0 Å². The second kappa shape index (κ2) is 7.37. The van der Waals surface area contributed by atoms with Crippen LogP contribution in [0.5, 0.6) is 0 Å². The van der Waals surface area contributed by atoms with Gasteiger partial charge in [0.05, 0.1) is 0 Å². The topological polar surface area (TPSA) is 54.3 Å². The summed E-state index contributed by atoms with van der Waals surface area (Å²) in [7, 11) is 0. The zero-order chi connectivity index (χ0) is 20.9. The average molecular weight is 419 g/mol. The molecule has 6 nitrogen and oxygen atoms in total. The van der Waals surface area contributed by atoms with E-state index in [9.17, 15) is 18.0 Å². The van der Waals surface area contributed by atoms with Crippen molar-refractivity contribution in [2.45, 2.75) is 44.4 Å². The van der Waals surface area contributed by atoms with Crippen LogP contribution in [0.25, 0.3) is 0 Å². The van der Waals surface area contributed by atoms with E-state index in [1.165, 1.54) is 19.0 Å². The number of aromatic nitrogens is 3. The fourth-order valence-electron chi connectivity index (χ4n) is 5.11. The van der Waals surface area contributed by atoms with Gasteiger partial charge >= 0.3 is 6.18 Å². The standard InChI is InChI=1S/C21H24F3N5O/c22-21(23,24)18-5-6-25-20(26-18)28-10-14-9-16(13-28)17-4-3-15(19(30)29(17)11-14)12-27-7-1-2-8-27/h3-6,14,16H,1-2,7-13H2/t14-,16+/m0/s1. The van der Waals surface area contributed by atoms with Gasteiger partial charge in [0.1, 0.15) is 5.69 Å². The minimum absolute atomic E-state index is 0.0814. The molecule has 5 rings (SSSR count). The molecule has 3 aliphatic heterocycles. The van der Waals surface area contributed by atoms with Gasteiger partial charge in [0.15, 0.2) is 0 Å². The van der Waals surface area contributed by atoms with E-state index in [0.717, 1.165) is 36.8 Å². The summed E-state index contributed by atoms with van der Waals surface area (Å²) in [5.74, 6) is 0.388. The van der Waals surface area contributed by atoms with Crippen molar-refractivity contribution in [3.8, 4) is 0 Å². The summed E-state index contributed by atoms with van der Waals surface area (Å²) >= 11 is 0. The Kier molecular flexibility index (Phi) is 4.80. The van der Waals surface area contributed by atoms with Crippen molar-refractivity contribution < 1.29 is 13.2 Å². The molecule has 0 aliphatic carbocycles. The predicted octanol–water partition coefficient (Wildman–Crippen LogP) is 2.88. The van der Waals surface area contributed by atoms with E-state index < -0.39 is 11.9 Å². The molecule has 0 saturated carbocycles. The maximum Gasteiger partial charge on any atom is 0.433 e. The van der Waals surface area contributed by atoms with E-state index in [4.69, 9.17) is 0 Å². The molecule has 2 atom stereocenters. The third-order valence-electron chi connectivity index (χ3n) is 6.49. The molecule has 0 unspecified atom stereocenters. The van der Waals surface area contributed by atoms with Crippen LogP contribution in [-0.4, -0.2) is 45.6 Å². The molecule has 3 aliphatic rings. The fraction of sp³-hybridized carbons (Fsp3) is 0.571. The summed E-state index contributed by atoms with van der Waals surface area (Å²) in [5.41, 5.74) is 0.959. The first-order chi connectivity index (χ1) is 14.4. The third-order valence-corrected chi connectivity index (χ3v) is 6.49. The summed E-state index contributed by atoms with van der Waals surface area (Å²) in [5, 5.41) is 0. The number of piperidine rings is 1. The van der Waals surface area contributed by atoms with E-state index in [0.29, 0.717) is 26.2 Å². The van der Waals surface area contributed by atoms with E-state index >= 15 is 0 Å². The first-order valence-corrected chi connectivity index (χ1v) is 10.5. The van der Waals surface area contributed by atoms with Gasteiger partial charge in [-0.2, -0.15) is 13.2 Å². The molecule has 2 saturated heterocycles. The average Bonchev–Trinajstić information content (AvgIpc) is 3.23. The highest BCUT2D eigenvalue weighted by atomic mass is 19.4. The Morgan fingerprint density at radius 3 is 2.63 bits per heavy atom. The zero-order valence-corrected chi connectivity index (χ0v) is 16.6. The molecule has 2 bridgehead atoms. The normalized spacial score (nSPS) is 24.2. The Morgan fingerprint density at radius 2 is 1.87 bits per heavy atom. The largest absolute Gasteiger partial charge is 0.433 e. The predicted molar refractivity (Wildman–Crippen MR) is 105 cm³/mol. The smallest absolute Gasteiger partial charge is 0.340 e. The van der Waals surface area contributed by atoms with Crippen molar-refractivity contribution in [3.05, 3.63) is 51.7 Å². The number of hydrogen-bond acceptors (Lipinski definition) is 5. The monoisotopic (exact) mass is 419 g/mol. The van der Waals surface area contributed by atoms with Gasteiger partial charge in [0.25, 0.3) is 5.56 Å². The highest BCUT2D eigenvalue weighted by Crippen LogP contribution is 2.37. The number of alkyl halides is 3. The van der Waals surface area contributed by atoms with Gasteiger partial charge in [0.2, 0.25) is 5.95 Å². The van der Waals surface area contributed by atoms with Crippen molar-refractivity contribution in [2.24, 2.45) is 5.92 Å². The number of likely N-dealkylation sites (tertiary alicyclic amines) is 1. The number of fused-ring (bicyclic) bond motifs is 4. The van der Waals surface area contributed by atoms with Gasteiger partial charge in [0, 0.05) is 49.6 Å². The van der Waals surface area contributed by atoms with Gasteiger partial charge < -0.3 is 9.47 Å². The molecule has 0 radical (unpaired) electrons. The van der Waals surface area contributed by atoms with Crippen LogP contribution < -0.4 is 10.5 Å². The zero-order valence-electron chi connectivity index (χ0n) is 16.6. The maximum absolute atomic E-state index is 13.1. The van der Waals surface area contributed by atoms with Crippen LogP contribution in [0.15, 0.2) is 29.2 Å². The molecule has 2 aromatic heterocycles. The highest BCUT2D eigenvalue weighted by molar-refractivity contribution is 5.35.